The van der Waals surface area contributed by atoms with E-state index in [0.717, 1.165) is 12.1 Å². The van der Waals surface area contributed by atoms with Crippen molar-refractivity contribution in [3.8, 4) is 11.1 Å². The van der Waals surface area contributed by atoms with Crippen LogP contribution in [0.1, 0.15) is 28.7 Å². The van der Waals surface area contributed by atoms with Crippen molar-refractivity contribution in [2.75, 3.05) is 0 Å². The lowest BCUT2D eigenvalue weighted by molar-refractivity contribution is -0.276. The van der Waals surface area contributed by atoms with E-state index in [1.54, 1.807) is 36.4 Å². The average Bonchev–Trinajstić information content (AvgIpc) is 3.27. The predicted molar refractivity (Wildman–Crippen MR) is 113 cm³/mol. The van der Waals surface area contributed by atoms with Crippen molar-refractivity contribution >= 4 is 11.9 Å². The zero-order valence-electron chi connectivity index (χ0n) is 17.2. The van der Waals surface area contributed by atoms with Crippen LogP contribution in [0.15, 0.2) is 83.1 Å². The summed E-state index contributed by atoms with van der Waals surface area (Å²) in [7, 11) is 0. The highest BCUT2D eigenvalue weighted by Gasteiger charge is 2.62. The molecule has 0 saturated carbocycles. The Morgan fingerprint density at radius 1 is 0.882 bits per heavy atom. The summed E-state index contributed by atoms with van der Waals surface area (Å²) in [4.78, 5) is 4.88. The summed E-state index contributed by atoms with van der Waals surface area (Å²) in [5.74, 6) is 0. The summed E-state index contributed by atoms with van der Waals surface area (Å²) in [6.07, 6.45) is -9.50. The molecule has 0 spiro atoms. The lowest BCUT2D eigenvalue weighted by atomic mass is 9.85. The molecule has 1 unspecified atom stereocenters. The quantitative estimate of drug-likeness (QED) is 0.195. The highest BCUT2D eigenvalue weighted by Crippen LogP contribution is 2.49. The van der Waals surface area contributed by atoms with Gasteiger partial charge in [0.15, 0.2) is 0 Å². The van der Waals surface area contributed by atoms with E-state index in [0.29, 0.717) is 28.8 Å². The Labute approximate surface area is 189 Å². The van der Waals surface area contributed by atoms with E-state index in [4.69, 9.17) is 10.0 Å². The summed E-state index contributed by atoms with van der Waals surface area (Å²) in [5, 5.41) is 15.6. The molecule has 0 fully saturated rings. The van der Waals surface area contributed by atoms with E-state index >= 15 is 0 Å². The van der Waals surface area contributed by atoms with Gasteiger partial charge in [0.2, 0.25) is 0 Å². The second-order valence-electron chi connectivity index (χ2n) is 7.62. The van der Waals surface area contributed by atoms with Gasteiger partial charge in [-0.05, 0) is 29.3 Å². The number of halogens is 6. The van der Waals surface area contributed by atoms with Crippen LogP contribution in [-0.4, -0.2) is 23.3 Å². The Morgan fingerprint density at radius 2 is 1.62 bits per heavy atom. The van der Waals surface area contributed by atoms with Gasteiger partial charge in [0.25, 0.3) is 5.60 Å². The second kappa shape index (κ2) is 8.51. The zero-order chi connectivity index (χ0) is 24.6. The molecule has 1 aliphatic heterocycles. The summed E-state index contributed by atoms with van der Waals surface area (Å²) in [6, 6.07) is 16.4. The molecule has 1 atom stereocenters. The maximum absolute atomic E-state index is 14.2. The number of hydrogen-bond acceptors (Lipinski definition) is 4. The van der Waals surface area contributed by atoms with Crippen LogP contribution < -0.4 is 0 Å². The maximum Gasteiger partial charge on any atom is 0.435 e. The lowest BCUT2D eigenvalue weighted by Crippen LogP contribution is -2.42. The fraction of sp³-hybridized carbons (Fsp3) is 0.167. The van der Waals surface area contributed by atoms with Crippen LogP contribution in [0, 0.1) is 0 Å². The first kappa shape index (κ1) is 23.3. The summed E-state index contributed by atoms with van der Waals surface area (Å²) >= 11 is 0. The summed E-state index contributed by atoms with van der Waals surface area (Å²) in [6.45, 7) is 0. The van der Waals surface area contributed by atoms with Gasteiger partial charge < -0.3 is 10.0 Å². The van der Waals surface area contributed by atoms with Gasteiger partial charge in [-0.25, -0.2) is 0 Å². The van der Waals surface area contributed by atoms with Gasteiger partial charge in [0.05, 0.1) is 17.5 Å². The van der Waals surface area contributed by atoms with Gasteiger partial charge in [-0.15, -0.1) is 0 Å². The Balaban J connectivity index is 1.76. The van der Waals surface area contributed by atoms with Gasteiger partial charge in [-0.2, -0.15) is 26.3 Å². The molecule has 0 aliphatic carbocycles. The van der Waals surface area contributed by atoms with Gasteiger partial charge in [0, 0.05) is 23.1 Å². The molecule has 4 nitrogen and oxygen atoms in total. The van der Waals surface area contributed by atoms with E-state index in [1.165, 1.54) is 18.3 Å². The van der Waals surface area contributed by atoms with Crippen molar-refractivity contribution < 1.29 is 36.4 Å². The third-order valence-corrected chi connectivity index (χ3v) is 5.51. The van der Waals surface area contributed by atoms with E-state index in [2.05, 4.69) is 10.3 Å². The first-order valence-electron chi connectivity index (χ1n) is 9.92. The van der Waals surface area contributed by atoms with Crippen molar-refractivity contribution in [2.24, 2.45) is 10.3 Å². The van der Waals surface area contributed by atoms with Crippen LogP contribution in [0.2, 0.25) is 0 Å². The third-order valence-electron chi connectivity index (χ3n) is 5.51. The number of oxime groups is 2. The number of alkyl halides is 6. The molecule has 1 heterocycles. The Kier molecular flexibility index (Phi) is 5.84. The minimum absolute atomic E-state index is 0.0839. The summed E-state index contributed by atoms with van der Waals surface area (Å²) in [5.41, 5.74) is -3.02. The molecule has 34 heavy (non-hydrogen) atoms. The molecule has 3 aromatic carbocycles. The molecule has 4 rings (SSSR count). The molecule has 0 radical (unpaired) electrons. The molecule has 0 aromatic heterocycles. The maximum atomic E-state index is 14.2. The van der Waals surface area contributed by atoms with Crippen LogP contribution in [-0.2, 0) is 16.6 Å². The van der Waals surface area contributed by atoms with Crippen molar-refractivity contribution in [2.45, 2.75) is 24.4 Å². The van der Waals surface area contributed by atoms with E-state index in [1.807, 2.05) is 0 Å². The minimum Gasteiger partial charge on any atom is -0.411 e. The Morgan fingerprint density at radius 3 is 2.26 bits per heavy atom. The molecule has 0 saturated heterocycles. The summed E-state index contributed by atoms with van der Waals surface area (Å²) < 4.78 is 82.0. The van der Waals surface area contributed by atoms with Crippen LogP contribution >= 0.6 is 0 Å². The molecule has 1 aliphatic rings. The molecule has 176 valence electrons. The Hall–Kier alpha value is -3.82. The number of nitrogens with zero attached hydrogens (tertiary/aromatic N) is 2. The van der Waals surface area contributed by atoms with E-state index in [-0.39, 0.29) is 11.3 Å². The first-order valence-corrected chi connectivity index (χ1v) is 9.92. The molecular weight excluding hydrogens is 462 g/mol. The SMILES string of the molecule is O/N=C/c1ccc(C2=NOC(c3cccc(C(F)(F)F)c3)(C(F)(F)F)C2)cc1-c1ccccc1. The average molecular weight is 478 g/mol. The number of hydrogen-bond donors (Lipinski definition) is 1. The largest absolute Gasteiger partial charge is 0.435 e. The van der Waals surface area contributed by atoms with Crippen LogP contribution in [0.3, 0.4) is 0 Å². The van der Waals surface area contributed by atoms with Crippen molar-refractivity contribution in [3.05, 3.63) is 95.1 Å². The molecule has 3 aromatic rings. The fourth-order valence-corrected chi connectivity index (χ4v) is 3.78. The zero-order valence-corrected chi connectivity index (χ0v) is 17.2. The van der Waals surface area contributed by atoms with Gasteiger partial charge in [-0.1, -0.05) is 64.9 Å². The highest BCUT2D eigenvalue weighted by atomic mass is 19.4. The molecule has 10 heteroatoms. The Bertz CT molecular complexity index is 1250. The van der Waals surface area contributed by atoms with Crippen molar-refractivity contribution in [1.82, 2.24) is 0 Å². The fourth-order valence-electron chi connectivity index (χ4n) is 3.78. The number of rotatable bonds is 4. The van der Waals surface area contributed by atoms with E-state index < -0.39 is 35.5 Å². The third kappa shape index (κ3) is 4.23. The van der Waals surface area contributed by atoms with E-state index in [9.17, 15) is 26.3 Å². The predicted octanol–water partition coefficient (Wildman–Crippen LogP) is 6.76. The highest BCUT2D eigenvalue weighted by molar-refractivity contribution is 6.04. The van der Waals surface area contributed by atoms with Crippen LogP contribution in [0.4, 0.5) is 26.3 Å². The molecule has 1 N–H and O–H groups in total. The normalized spacial score (nSPS) is 18.7. The van der Waals surface area contributed by atoms with Crippen molar-refractivity contribution in [1.29, 1.82) is 0 Å². The minimum atomic E-state index is -5.05. The standard InChI is InChI=1S/C24H16F6N2O2/c25-23(26,27)19-8-4-7-18(12-19)22(24(28,29)30)13-21(32-34-22)16-9-10-17(14-31-33)20(11-16)15-5-2-1-3-6-15/h1-12,14,33H,13H2/b31-14+. The van der Waals surface area contributed by atoms with Crippen LogP contribution in [0.5, 0.6) is 0 Å². The topological polar surface area (TPSA) is 54.2 Å². The molecule has 0 amide bonds. The molecular formula is C24H16F6N2O2. The number of benzene rings is 3. The second-order valence-corrected chi connectivity index (χ2v) is 7.62. The lowest BCUT2D eigenvalue weighted by Gasteiger charge is -2.30. The van der Waals surface area contributed by atoms with Gasteiger partial charge >= 0.3 is 12.4 Å². The monoisotopic (exact) mass is 478 g/mol. The van der Waals surface area contributed by atoms with Gasteiger partial charge in [0.1, 0.15) is 0 Å². The van der Waals surface area contributed by atoms with Gasteiger partial charge in [-0.3, -0.25) is 0 Å². The van der Waals surface area contributed by atoms with Crippen LogP contribution in [0.25, 0.3) is 11.1 Å². The molecule has 0 bridgehead atoms. The first-order chi connectivity index (χ1) is 16.0. The van der Waals surface area contributed by atoms with Crippen molar-refractivity contribution in [3.63, 3.8) is 0 Å². The smallest absolute Gasteiger partial charge is 0.411 e.